The molecule has 0 radical (unpaired) electrons. The van der Waals surface area contributed by atoms with E-state index in [2.05, 4.69) is 24.4 Å². The summed E-state index contributed by atoms with van der Waals surface area (Å²) in [5, 5.41) is 3.74. The van der Waals surface area contributed by atoms with Crippen LogP contribution in [0.4, 0.5) is 4.79 Å². The first-order chi connectivity index (χ1) is 10.8. The quantitative estimate of drug-likeness (QED) is 0.787. The topological polar surface area (TPSA) is 41.6 Å². The third-order valence-corrected chi connectivity index (χ3v) is 4.67. The van der Waals surface area contributed by atoms with Crippen molar-refractivity contribution in [2.45, 2.75) is 96.4 Å². The highest BCUT2D eigenvalue weighted by Gasteiger charge is 2.31. The molecule has 1 amide bonds. The minimum atomic E-state index is -0.419. The maximum Gasteiger partial charge on any atom is 0.410 e. The fraction of sp³-hybridized carbons (Fsp3) is 0.842. The molecule has 1 aliphatic carbocycles. The normalized spacial score (nSPS) is 26.9. The Balaban J connectivity index is 1.87. The van der Waals surface area contributed by atoms with Gasteiger partial charge in [-0.25, -0.2) is 4.79 Å². The van der Waals surface area contributed by atoms with Gasteiger partial charge in [0, 0.05) is 24.7 Å². The number of ether oxygens (including phenoxy) is 1. The number of amides is 1. The molecule has 2 rings (SSSR count). The maximum absolute atomic E-state index is 12.5. The van der Waals surface area contributed by atoms with Crippen LogP contribution in [0.15, 0.2) is 12.2 Å². The first kappa shape index (κ1) is 18.3. The van der Waals surface area contributed by atoms with Gasteiger partial charge in [-0.05, 0) is 72.6 Å². The number of carbonyl (C=O) groups is 1. The number of nitrogens with zero attached hydrogens (tertiary/aromatic N) is 1. The Morgan fingerprint density at radius 3 is 2.74 bits per heavy atom. The van der Waals surface area contributed by atoms with Crippen LogP contribution in [-0.2, 0) is 4.74 Å². The molecule has 3 atom stereocenters. The Bertz CT molecular complexity index is 414. The van der Waals surface area contributed by atoms with E-state index in [0.717, 1.165) is 32.2 Å². The van der Waals surface area contributed by atoms with Crippen LogP contribution in [-0.4, -0.2) is 41.3 Å². The summed E-state index contributed by atoms with van der Waals surface area (Å²) in [7, 11) is 0. The molecule has 2 aliphatic rings. The summed E-state index contributed by atoms with van der Waals surface area (Å²) in [6, 6.07) is 1.33. The molecule has 1 N–H and O–H groups in total. The van der Waals surface area contributed by atoms with E-state index in [4.69, 9.17) is 4.74 Å². The summed E-state index contributed by atoms with van der Waals surface area (Å²) < 4.78 is 5.60. The lowest BCUT2D eigenvalue weighted by molar-refractivity contribution is 0.00777. The van der Waals surface area contributed by atoms with Gasteiger partial charge in [-0.3, -0.25) is 0 Å². The van der Waals surface area contributed by atoms with Gasteiger partial charge in [-0.15, -0.1) is 0 Å². The van der Waals surface area contributed by atoms with Crippen LogP contribution in [0, 0.1) is 0 Å². The molecule has 132 valence electrons. The molecule has 0 aromatic carbocycles. The van der Waals surface area contributed by atoms with Gasteiger partial charge in [0.25, 0.3) is 0 Å². The van der Waals surface area contributed by atoms with Crippen LogP contribution in [0.2, 0.25) is 0 Å². The van der Waals surface area contributed by atoms with Crippen molar-refractivity contribution in [1.82, 2.24) is 10.2 Å². The summed E-state index contributed by atoms with van der Waals surface area (Å²) in [6.45, 7) is 8.89. The van der Waals surface area contributed by atoms with E-state index in [0.29, 0.717) is 18.1 Å². The summed E-state index contributed by atoms with van der Waals surface area (Å²) in [6.07, 6.45) is 12.3. The van der Waals surface area contributed by atoms with E-state index in [-0.39, 0.29) is 6.09 Å². The molecule has 1 fully saturated rings. The molecule has 4 heteroatoms. The molecule has 0 saturated carbocycles. The minimum Gasteiger partial charge on any atom is -0.444 e. The molecule has 0 spiro atoms. The van der Waals surface area contributed by atoms with Gasteiger partial charge in [0.2, 0.25) is 0 Å². The second-order valence-electron chi connectivity index (χ2n) is 8.11. The van der Waals surface area contributed by atoms with Gasteiger partial charge < -0.3 is 15.0 Å². The van der Waals surface area contributed by atoms with Crippen molar-refractivity contribution in [1.29, 1.82) is 0 Å². The third kappa shape index (κ3) is 6.17. The monoisotopic (exact) mass is 322 g/mol. The van der Waals surface area contributed by atoms with Crippen molar-refractivity contribution < 1.29 is 9.53 Å². The van der Waals surface area contributed by atoms with Crippen LogP contribution in [0.3, 0.4) is 0 Å². The number of hydrogen-bond donors (Lipinski definition) is 1. The van der Waals surface area contributed by atoms with Crippen molar-refractivity contribution in [2.75, 3.05) is 6.54 Å². The van der Waals surface area contributed by atoms with Crippen molar-refractivity contribution in [3.8, 4) is 0 Å². The molecule has 1 heterocycles. The number of piperidine rings is 1. The van der Waals surface area contributed by atoms with Gasteiger partial charge in [0.1, 0.15) is 5.60 Å². The number of likely N-dealkylation sites (tertiary alicyclic amines) is 1. The zero-order chi connectivity index (χ0) is 16.9. The fourth-order valence-corrected chi connectivity index (χ4v) is 3.63. The Morgan fingerprint density at radius 1 is 1.30 bits per heavy atom. The molecular formula is C19H34N2O2. The highest BCUT2D eigenvalue weighted by atomic mass is 16.6. The molecule has 23 heavy (non-hydrogen) atoms. The van der Waals surface area contributed by atoms with Gasteiger partial charge in [0.15, 0.2) is 0 Å². The molecule has 0 aromatic heterocycles. The van der Waals surface area contributed by atoms with Crippen LogP contribution in [0.25, 0.3) is 0 Å². The fourth-order valence-electron chi connectivity index (χ4n) is 3.63. The zero-order valence-electron chi connectivity index (χ0n) is 15.3. The van der Waals surface area contributed by atoms with Gasteiger partial charge in [-0.1, -0.05) is 12.2 Å². The number of carbonyl (C=O) groups excluding carboxylic acids is 1. The smallest absolute Gasteiger partial charge is 0.410 e. The molecule has 0 aromatic rings. The summed E-state index contributed by atoms with van der Waals surface area (Å²) in [4.78, 5) is 14.4. The second kappa shape index (κ2) is 8.18. The van der Waals surface area contributed by atoms with Crippen LogP contribution >= 0.6 is 0 Å². The average molecular weight is 322 g/mol. The minimum absolute atomic E-state index is 0.144. The van der Waals surface area contributed by atoms with Gasteiger partial charge in [-0.2, -0.15) is 0 Å². The summed E-state index contributed by atoms with van der Waals surface area (Å²) in [5.41, 5.74) is -0.419. The molecular weight excluding hydrogens is 288 g/mol. The Labute approximate surface area is 141 Å². The predicted molar refractivity (Wildman–Crippen MR) is 94.6 cm³/mol. The molecule has 4 nitrogen and oxygen atoms in total. The lowest BCUT2D eigenvalue weighted by Crippen LogP contribution is -2.49. The van der Waals surface area contributed by atoms with Crippen LogP contribution in [0.5, 0.6) is 0 Å². The number of hydrogen-bond acceptors (Lipinski definition) is 3. The van der Waals surface area contributed by atoms with Crippen LogP contribution in [0.1, 0.15) is 72.6 Å². The first-order valence-electron chi connectivity index (χ1n) is 9.26. The van der Waals surface area contributed by atoms with Crippen molar-refractivity contribution >= 4 is 6.09 Å². The van der Waals surface area contributed by atoms with E-state index in [9.17, 15) is 4.79 Å². The Kier molecular flexibility index (Phi) is 6.51. The predicted octanol–water partition coefficient (Wildman–Crippen LogP) is 4.25. The first-order valence-corrected chi connectivity index (χ1v) is 9.26. The Morgan fingerprint density at radius 2 is 2.09 bits per heavy atom. The van der Waals surface area contributed by atoms with E-state index >= 15 is 0 Å². The number of rotatable bonds is 4. The number of nitrogens with one attached hydrogen (secondary N) is 1. The summed E-state index contributed by atoms with van der Waals surface area (Å²) >= 11 is 0. The van der Waals surface area contributed by atoms with Crippen LogP contribution < -0.4 is 5.32 Å². The standard InChI is InChI=1S/C19H34N2O2/c1-15(20-16-10-6-5-7-11-16)14-17-12-8-9-13-21(17)18(22)23-19(2,3)4/h5-6,15-17,20H,7-14H2,1-4H3. The van der Waals surface area contributed by atoms with Crippen molar-refractivity contribution in [2.24, 2.45) is 0 Å². The lowest BCUT2D eigenvalue weighted by atomic mass is 9.95. The van der Waals surface area contributed by atoms with E-state index in [1.807, 2.05) is 25.7 Å². The third-order valence-electron chi connectivity index (χ3n) is 4.67. The average Bonchev–Trinajstić information content (AvgIpc) is 2.47. The van der Waals surface area contributed by atoms with Crippen molar-refractivity contribution in [3.05, 3.63) is 12.2 Å². The number of allylic oxidation sites excluding steroid dienone is 1. The Hall–Kier alpha value is -1.03. The molecule has 3 unspecified atom stereocenters. The maximum atomic E-state index is 12.5. The lowest BCUT2D eigenvalue weighted by Gasteiger charge is -2.38. The highest BCUT2D eigenvalue weighted by molar-refractivity contribution is 5.68. The summed E-state index contributed by atoms with van der Waals surface area (Å²) in [5.74, 6) is 0. The van der Waals surface area contributed by atoms with E-state index < -0.39 is 5.60 Å². The largest absolute Gasteiger partial charge is 0.444 e. The van der Waals surface area contributed by atoms with E-state index in [1.165, 1.54) is 19.3 Å². The second-order valence-corrected chi connectivity index (χ2v) is 8.11. The molecule has 1 aliphatic heterocycles. The SMILES string of the molecule is CC(CC1CCCCN1C(=O)OC(C)(C)C)NC1CC=CCC1. The zero-order valence-corrected chi connectivity index (χ0v) is 15.3. The highest BCUT2D eigenvalue weighted by Crippen LogP contribution is 2.24. The van der Waals surface area contributed by atoms with Gasteiger partial charge in [0.05, 0.1) is 0 Å². The van der Waals surface area contributed by atoms with E-state index in [1.54, 1.807) is 0 Å². The molecule has 0 bridgehead atoms. The van der Waals surface area contributed by atoms with Crippen molar-refractivity contribution in [3.63, 3.8) is 0 Å². The van der Waals surface area contributed by atoms with Gasteiger partial charge >= 0.3 is 6.09 Å². The molecule has 1 saturated heterocycles.